The summed E-state index contributed by atoms with van der Waals surface area (Å²) in [5.41, 5.74) is 2.81. The van der Waals surface area contributed by atoms with E-state index in [9.17, 15) is 0 Å². The number of aromatic nitrogens is 4. The highest BCUT2D eigenvalue weighted by molar-refractivity contribution is 7.98. The lowest BCUT2D eigenvalue weighted by molar-refractivity contribution is 0.415. The summed E-state index contributed by atoms with van der Waals surface area (Å²) in [7, 11) is 1.61. The molecule has 5 nitrogen and oxygen atoms in total. The molecule has 0 atom stereocenters. The lowest BCUT2D eigenvalue weighted by Crippen LogP contribution is -1.96. The van der Waals surface area contributed by atoms with Crippen LogP contribution in [-0.2, 0) is 5.75 Å². The molecule has 2 heterocycles. The van der Waals surface area contributed by atoms with Crippen molar-refractivity contribution in [2.75, 3.05) is 7.11 Å². The molecule has 4 rings (SSSR count). The Labute approximate surface area is 160 Å². The number of rotatable bonds is 5. The van der Waals surface area contributed by atoms with Gasteiger partial charge in [-0.2, -0.15) is 9.61 Å². The molecule has 130 valence electrons. The molecule has 0 aliphatic heterocycles. The van der Waals surface area contributed by atoms with Crippen LogP contribution in [0.3, 0.4) is 0 Å². The fourth-order valence-electron chi connectivity index (χ4n) is 2.57. The van der Waals surface area contributed by atoms with Gasteiger partial charge >= 0.3 is 0 Å². The van der Waals surface area contributed by atoms with Crippen LogP contribution in [0.5, 0.6) is 5.75 Å². The van der Waals surface area contributed by atoms with E-state index >= 15 is 0 Å². The second kappa shape index (κ2) is 7.35. The number of hydrogen-bond donors (Lipinski definition) is 0. The zero-order valence-corrected chi connectivity index (χ0v) is 15.5. The van der Waals surface area contributed by atoms with Gasteiger partial charge in [0.25, 0.3) is 0 Å². The Bertz CT molecular complexity index is 1050. The highest BCUT2D eigenvalue weighted by Crippen LogP contribution is 2.28. The summed E-state index contributed by atoms with van der Waals surface area (Å²) in [6.45, 7) is 0. The standard InChI is InChI=1S/C19H15ClN4OS/c1-25-16-8-7-13(11-15(16)20)12-26-18-10-9-17-21-22-19(24(17)23-18)14-5-3-2-4-6-14/h2-11H,12H2,1H3. The van der Waals surface area contributed by atoms with E-state index in [1.54, 1.807) is 23.4 Å². The van der Waals surface area contributed by atoms with Gasteiger partial charge in [-0.3, -0.25) is 0 Å². The van der Waals surface area contributed by atoms with Crippen molar-refractivity contribution in [3.8, 4) is 17.1 Å². The Kier molecular flexibility index (Phi) is 4.77. The number of methoxy groups -OCH3 is 1. The smallest absolute Gasteiger partial charge is 0.185 e. The van der Waals surface area contributed by atoms with Crippen molar-refractivity contribution >= 4 is 29.0 Å². The van der Waals surface area contributed by atoms with Gasteiger partial charge in [-0.1, -0.05) is 59.8 Å². The molecule has 0 bridgehead atoms. The summed E-state index contributed by atoms with van der Waals surface area (Å²) < 4.78 is 6.97. The molecule has 7 heteroatoms. The van der Waals surface area contributed by atoms with E-state index in [-0.39, 0.29) is 0 Å². The number of ether oxygens (including phenoxy) is 1. The van der Waals surface area contributed by atoms with Gasteiger partial charge in [0.15, 0.2) is 11.5 Å². The fraction of sp³-hybridized carbons (Fsp3) is 0.105. The minimum Gasteiger partial charge on any atom is -0.495 e. The summed E-state index contributed by atoms with van der Waals surface area (Å²) in [6.07, 6.45) is 0. The Hall–Kier alpha value is -2.57. The molecule has 0 saturated heterocycles. The third-order valence-electron chi connectivity index (χ3n) is 3.87. The van der Waals surface area contributed by atoms with Crippen LogP contribution in [0.15, 0.2) is 65.7 Å². The lowest BCUT2D eigenvalue weighted by atomic mass is 10.2. The maximum absolute atomic E-state index is 6.19. The van der Waals surface area contributed by atoms with Crippen LogP contribution < -0.4 is 4.74 Å². The van der Waals surface area contributed by atoms with E-state index < -0.39 is 0 Å². The number of hydrogen-bond acceptors (Lipinski definition) is 5. The largest absolute Gasteiger partial charge is 0.495 e. The summed E-state index contributed by atoms with van der Waals surface area (Å²) in [6, 6.07) is 19.6. The summed E-state index contributed by atoms with van der Waals surface area (Å²) in [5, 5.41) is 14.6. The van der Waals surface area contributed by atoms with Crippen LogP contribution in [0.4, 0.5) is 0 Å². The molecule has 0 radical (unpaired) electrons. The molecular weight excluding hydrogens is 368 g/mol. The van der Waals surface area contributed by atoms with Crippen LogP contribution in [0, 0.1) is 0 Å². The van der Waals surface area contributed by atoms with Crippen molar-refractivity contribution < 1.29 is 4.74 Å². The van der Waals surface area contributed by atoms with Crippen molar-refractivity contribution in [3.05, 3.63) is 71.2 Å². The number of fused-ring (bicyclic) bond motifs is 1. The quantitative estimate of drug-likeness (QED) is 0.466. The van der Waals surface area contributed by atoms with Gasteiger partial charge in [-0.25, -0.2) is 0 Å². The third kappa shape index (κ3) is 3.38. The SMILES string of the molecule is COc1ccc(CSc2ccc3nnc(-c4ccccc4)n3n2)cc1Cl. The molecule has 0 amide bonds. The molecular formula is C19H15ClN4OS. The van der Waals surface area contributed by atoms with Gasteiger partial charge in [0.1, 0.15) is 10.8 Å². The number of thioether (sulfide) groups is 1. The van der Waals surface area contributed by atoms with Gasteiger partial charge in [-0.15, -0.1) is 10.2 Å². The lowest BCUT2D eigenvalue weighted by Gasteiger charge is -2.06. The molecule has 2 aromatic carbocycles. The summed E-state index contributed by atoms with van der Waals surface area (Å²) >= 11 is 7.82. The van der Waals surface area contributed by atoms with Gasteiger partial charge < -0.3 is 4.74 Å². The Morgan fingerprint density at radius 2 is 1.88 bits per heavy atom. The molecule has 0 fully saturated rings. The molecule has 0 aliphatic rings. The normalized spacial score (nSPS) is 11.0. The zero-order chi connectivity index (χ0) is 17.9. The predicted molar refractivity (Wildman–Crippen MR) is 104 cm³/mol. The van der Waals surface area contributed by atoms with Crippen molar-refractivity contribution in [1.29, 1.82) is 0 Å². The van der Waals surface area contributed by atoms with Crippen LogP contribution in [0.2, 0.25) is 5.02 Å². The third-order valence-corrected chi connectivity index (χ3v) is 5.16. The summed E-state index contributed by atoms with van der Waals surface area (Å²) in [4.78, 5) is 0. The fourth-order valence-corrected chi connectivity index (χ4v) is 3.65. The molecule has 0 unspecified atom stereocenters. The van der Waals surface area contributed by atoms with Crippen LogP contribution in [0.25, 0.3) is 17.0 Å². The van der Waals surface area contributed by atoms with Gasteiger partial charge in [0.2, 0.25) is 0 Å². The van der Waals surface area contributed by atoms with E-state index in [1.165, 1.54) is 0 Å². The molecule has 0 saturated carbocycles. The van der Waals surface area contributed by atoms with Gasteiger partial charge in [-0.05, 0) is 29.8 Å². The molecule has 0 aliphatic carbocycles. The molecule has 2 aromatic heterocycles. The van der Waals surface area contributed by atoms with E-state index in [0.29, 0.717) is 10.8 Å². The van der Waals surface area contributed by atoms with Gasteiger partial charge in [0.05, 0.1) is 12.1 Å². The summed E-state index contributed by atoms with van der Waals surface area (Å²) in [5.74, 6) is 2.16. The van der Waals surface area contributed by atoms with Crippen molar-refractivity contribution in [2.24, 2.45) is 0 Å². The van der Waals surface area contributed by atoms with E-state index in [0.717, 1.165) is 33.4 Å². The molecule has 4 aromatic rings. The first-order chi connectivity index (χ1) is 12.7. The number of benzene rings is 2. The average Bonchev–Trinajstić information content (AvgIpc) is 3.10. The van der Waals surface area contributed by atoms with Crippen LogP contribution >= 0.6 is 23.4 Å². The first kappa shape index (κ1) is 16.9. The Morgan fingerprint density at radius 3 is 2.65 bits per heavy atom. The second-order valence-electron chi connectivity index (χ2n) is 5.59. The molecule has 0 N–H and O–H groups in total. The Balaban J connectivity index is 1.58. The maximum Gasteiger partial charge on any atom is 0.185 e. The topological polar surface area (TPSA) is 52.3 Å². The highest BCUT2D eigenvalue weighted by atomic mass is 35.5. The molecule has 0 spiro atoms. The maximum atomic E-state index is 6.19. The first-order valence-electron chi connectivity index (χ1n) is 7.98. The van der Waals surface area contributed by atoms with Crippen molar-refractivity contribution in [3.63, 3.8) is 0 Å². The minimum atomic E-state index is 0.610. The van der Waals surface area contributed by atoms with Crippen molar-refractivity contribution in [2.45, 2.75) is 10.8 Å². The highest BCUT2D eigenvalue weighted by Gasteiger charge is 2.10. The monoisotopic (exact) mass is 382 g/mol. The predicted octanol–water partition coefficient (Wildman–Crippen LogP) is 4.75. The Morgan fingerprint density at radius 1 is 1.04 bits per heavy atom. The van der Waals surface area contributed by atoms with E-state index in [2.05, 4.69) is 15.3 Å². The number of halogens is 1. The van der Waals surface area contributed by atoms with Crippen LogP contribution in [-0.4, -0.2) is 26.9 Å². The van der Waals surface area contributed by atoms with Crippen molar-refractivity contribution in [1.82, 2.24) is 19.8 Å². The van der Waals surface area contributed by atoms with E-state index in [1.807, 2.05) is 60.7 Å². The average molecular weight is 383 g/mol. The molecule has 26 heavy (non-hydrogen) atoms. The van der Waals surface area contributed by atoms with Crippen LogP contribution in [0.1, 0.15) is 5.56 Å². The number of nitrogens with zero attached hydrogens (tertiary/aromatic N) is 4. The minimum absolute atomic E-state index is 0.610. The zero-order valence-electron chi connectivity index (χ0n) is 14.0. The second-order valence-corrected chi connectivity index (χ2v) is 6.99. The van der Waals surface area contributed by atoms with E-state index in [4.69, 9.17) is 16.3 Å². The first-order valence-corrected chi connectivity index (χ1v) is 9.34. The van der Waals surface area contributed by atoms with Gasteiger partial charge in [0, 0.05) is 11.3 Å².